The fraction of sp³-hybridized carbons (Fsp3) is 0.389. The number of aromatic nitrogens is 1. The Morgan fingerprint density at radius 2 is 2.07 bits per heavy atom. The van der Waals surface area contributed by atoms with Crippen LogP contribution in [0.25, 0.3) is 0 Å². The summed E-state index contributed by atoms with van der Waals surface area (Å²) in [6, 6.07) is 3.31. The van der Waals surface area contributed by atoms with E-state index in [2.05, 4.69) is 10.3 Å². The van der Waals surface area contributed by atoms with E-state index in [0.29, 0.717) is 10.6 Å². The first kappa shape index (κ1) is 19.4. The van der Waals surface area contributed by atoms with Gasteiger partial charge in [-0.3, -0.25) is 9.59 Å². The molecule has 1 atom stereocenters. The number of amides is 2. The van der Waals surface area contributed by atoms with Crippen LogP contribution in [0.1, 0.15) is 32.6 Å². The Kier molecular flexibility index (Phi) is 5.52. The van der Waals surface area contributed by atoms with Gasteiger partial charge in [-0.1, -0.05) is 6.07 Å². The molecule has 3 rings (SSSR count). The van der Waals surface area contributed by atoms with Crippen LogP contribution in [0.3, 0.4) is 0 Å². The molecule has 1 aromatic heterocycles. The Labute approximate surface area is 159 Å². The molecule has 1 aliphatic heterocycles. The minimum absolute atomic E-state index is 0.0988. The Morgan fingerprint density at radius 3 is 2.70 bits per heavy atom. The average Bonchev–Trinajstić information content (AvgIpc) is 3.05. The summed E-state index contributed by atoms with van der Waals surface area (Å²) in [4.78, 5) is 30.7. The monoisotopic (exact) mass is 395 g/mol. The third-order valence-corrected chi connectivity index (χ3v) is 5.30. The van der Waals surface area contributed by atoms with E-state index in [-0.39, 0.29) is 32.1 Å². The maximum atomic E-state index is 13.9. The average molecular weight is 395 g/mol. The number of hydrogen-bond donors (Lipinski definition) is 1. The van der Waals surface area contributed by atoms with Crippen molar-refractivity contribution in [1.29, 1.82) is 0 Å². The van der Waals surface area contributed by atoms with Gasteiger partial charge in [0.25, 0.3) is 11.8 Å². The zero-order chi connectivity index (χ0) is 19.6. The van der Waals surface area contributed by atoms with Crippen LogP contribution in [0, 0.1) is 18.6 Å². The van der Waals surface area contributed by atoms with E-state index in [0.717, 1.165) is 12.1 Å². The lowest BCUT2D eigenvalue weighted by Crippen LogP contribution is -2.57. The molecule has 0 saturated carbocycles. The first-order valence-electron chi connectivity index (χ1n) is 8.36. The molecule has 2 aromatic rings. The molecule has 1 saturated heterocycles. The molecule has 1 aromatic carbocycles. The van der Waals surface area contributed by atoms with Gasteiger partial charge in [0, 0.05) is 13.1 Å². The van der Waals surface area contributed by atoms with Crippen molar-refractivity contribution in [2.24, 2.45) is 0 Å². The van der Waals surface area contributed by atoms with Crippen molar-refractivity contribution in [2.75, 3.05) is 26.2 Å². The molecule has 2 amide bonds. The van der Waals surface area contributed by atoms with Gasteiger partial charge in [-0.05, 0) is 26.0 Å². The topological polar surface area (TPSA) is 71.5 Å². The van der Waals surface area contributed by atoms with Crippen molar-refractivity contribution < 1.29 is 23.1 Å². The normalized spacial score (nSPS) is 19.8. The van der Waals surface area contributed by atoms with Crippen LogP contribution in [0.2, 0.25) is 0 Å². The molecule has 1 unspecified atom stereocenters. The number of carbonyl (C=O) groups is 2. The lowest BCUT2D eigenvalue weighted by atomic mass is 10.0. The Balaban J connectivity index is 1.68. The predicted octanol–water partition coefficient (Wildman–Crippen LogP) is 2.39. The maximum absolute atomic E-state index is 13.9. The van der Waals surface area contributed by atoms with Crippen LogP contribution in [0.15, 0.2) is 23.7 Å². The summed E-state index contributed by atoms with van der Waals surface area (Å²) in [5.41, 5.74) is 0.779. The van der Waals surface area contributed by atoms with Crippen molar-refractivity contribution in [2.45, 2.75) is 19.4 Å². The quantitative estimate of drug-likeness (QED) is 0.863. The van der Waals surface area contributed by atoms with Crippen LogP contribution in [-0.4, -0.2) is 53.5 Å². The molecule has 9 heteroatoms. The summed E-state index contributed by atoms with van der Waals surface area (Å²) >= 11 is 1.24. The molecule has 27 heavy (non-hydrogen) atoms. The smallest absolute Gasteiger partial charge is 0.263 e. The standard InChI is InChI=1S/C18H19F2N3O3S/c1-11-15(27-10-22-11)16(24)21-8-18(2)9-23(6-7-26-18)17(25)14-12(19)4-3-5-13(14)20/h3-5,10H,6-9H2,1-2H3,(H,21,24). The van der Waals surface area contributed by atoms with Crippen molar-refractivity contribution >= 4 is 23.2 Å². The number of aryl methyl sites for hydroxylation is 1. The molecular formula is C18H19F2N3O3S. The fourth-order valence-electron chi connectivity index (χ4n) is 2.94. The molecule has 0 spiro atoms. The van der Waals surface area contributed by atoms with E-state index in [4.69, 9.17) is 4.74 Å². The summed E-state index contributed by atoms with van der Waals surface area (Å²) < 4.78 is 33.6. The number of hydrogen-bond acceptors (Lipinski definition) is 5. The minimum Gasteiger partial charge on any atom is -0.370 e. The van der Waals surface area contributed by atoms with Crippen LogP contribution in [0.4, 0.5) is 8.78 Å². The molecule has 6 nitrogen and oxygen atoms in total. The predicted molar refractivity (Wildman–Crippen MR) is 95.8 cm³/mol. The summed E-state index contributed by atoms with van der Waals surface area (Å²) in [5, 5.41) is 2.78. The minimum atomic E-state index is -0.901. The van der Waals surface area contributed by atoms with Gasteiger partial charge in [-0.15, -0.1) is 11.3 Å². The van der Waals surface area contributed by atoms with Gasteiger partial charge >= 0.3 is 0 Å². The number of carbonyl (C=O) groups excluding carboxylic acids is 2. The lowest BCUT2D eigenvalue weighted by Gasteiger charge is -2.40. The van der Waals surface area contributed by atoms with Crippen LogP contribution in [-0.2, 0) is 4.74 Å². The van der Waals surface area contributed by atoms with Crippen LogP contribution >= 0.6 is 11.3 Å². The van der Waals surface area contributed by atoms with E-state index in [1.54, 1.807) is 19.4 Å². The Hall–Kier alpha value is -2.39. The second-order valence-corrected chi connectivity index (χ2v) is 7.43. The number of nitrogens with zero attached hydrogens (tertiary/aromatic N) is 2. The van der Waals surface area contributed by atoms with Gasteiger partial charge in [0.1, 0.15) is 27.7 Å². The van der Waals surface area contributed by atoms with Gasteiger partial charge in [-0.2, -0.15) is 0 Å². The summed E-state index contributed by atoms with van der Waals surface area (Å²) in [7, 11) is 0. The first-order chi connectivity index (χ1) is 12.8. The number of halogens is 2. The zero-order valence-electron chi connectivity index (χ0n) is 14.9. The van der Waals surface area contributed by atoms with Crippen molar-refractivity contribution in [3.05, 3.63) is 51.5 Å². The number of ether oxygens (including phenoxy) is 1. The number of rotatable bonds is 4. The van der Waals surface area contributed by atoms with Gasteiger partial charge in [0.15, 0.2) is 0 Å². The van der Waals surface area contributed by atoms with Gasteiger partial charge < -0.3 is 15.0 Å². The molecule has 0 aliphatic carbocycles. The van der Waals surface area contributed by atoms with Crippen molar-refractivity contribution in [3.63, 3.8) is 0 Å². The molecular weight excluding hydrogens is 376 g/mol. The second-order valence-electron chi connectivity index (χ2n) is 6.57. The summed E-state index contributed by atoms with van der Waals surface area (Å²) in [6.07, 6.45) is 0. The SMILES string of the molecule is Cc1ncsc1C(=O)NCC1(C)CN(C(=O)c2c(F)cccc2F)CCO1. The number of morpholine rings is 1. The van der Waals surface area contributed by atoms with Gasteiger partial charge in [0.2, 0.25) is 0 Å². The fourth-order valence-corrected chi connectivity index (χ4v) is 3.66. The highest BCUT2D eigenvalue weighted by Crippen LogP contribution is 2.22. The van der Waals surface area contributed by atoms with E-state index in [1.165, 1.54) is 22.3 Å². The molecule has 2 heterocycles. The third kappa shape index (κ3) is 4.14. The molecule has 0 radical (unpaired) electrons. The third-order valence-electron chi connectivity index (χ3n) is 4.38. The maximum Gasteiger partial charge on any atom is 0.263 e. The van der Waals surface area contributed by atoms with E-state index in [1.807, 2.05) is 0 Å². The van der Waals surface area contributed by atoms with E-state index in [9.17, 15) is 18.4 Å². The highest BCUT2D eigenvalue weighted by atomic mass is 32.1. The number of nitrogens with one attached hydrogen (secondary N) is 1. The Morgan fingerprint density at radius 1 is 1.37 bits per heavy atom. The number of benzene rings is 1. The van der Waals surface area contributed by atoms with Gasteiger partial charge in [-0.25, -0.2) is 13.8 Å². The molecule has 0 bridgehead atoms. The zero-order valence-corrected chi connectivity index (χ0v) is 15.7. The highest BCUT2D eigenvalue weighted by Gasteiger charge is 2.36. The molecule has 1 aliphatic rings. The van der Waals surface area contributed by atoms with Crippen molar-refractivity contribution in [1.82, 2.24) is 15.2 Å². The van der Waals surface area contributed by atoms with Crippen LogP contribution in [0.5, 0.6) is 0 Å². The lowest BCUT2D eigenvalue weighted by molar-refractivity contribution is -0.0852. The second kappa shape index (κ2) is 7.69. The van der Waals surface area contributed by atoms with Gasteiger partial charge in [0.05, 0.1) is 24.4 Å². The molecule has 144 valence electrons. The molecule has 1 fully saturated rings. The van der Waals surface area contributed by atoms with Crippen molar-refractivity contribution in [3.8, 4) is 0 Å². The van der Waals surface area contributed by atoms with E-state index >= 15 is 0 Å². The first-order valence-corrected chi connectivity index (χ1v) is 9.24. The number of thiazole rings is 1. The molecule has 1 N–H and O–H groups in total. The Bertz CT molecular complexity index is 853. The largest absolute Gasteiger partial charge is 0.370 e. The highest BCUT2D eigenvalue weighted by molar-refractivity contribution is 7.11. The summed E-state index contributed by atoms with van der Waals surface area (Å²) in [6.45, 7) is 4.14. The van der Waals surface area contributed by atoms with E-state index < -0.39 is 28.7 Å². The summed E-state index contributed by atoms with van der Waals surface area (Å²) in [5.74, 6) is -2.81. The van der Waals surface area contributed by atoms with Crippen LogP contribution < -0.4 is 5.32 Å².